The van der Waals surface area contributed by atoms with Gasteiger partial charge in [-0.05, 0) is 67.4 Å². The lowest BCUT2D eigenvalue weighted by molar-refractivity contribution is 0.310. The molecule has 3 aromatic carbocycles. The second kappa shape index (κ2) is 7.50. The predicted octanol–water partition coefficient (Wildman–Crippen LogP) is 6.15. The van der Waals surface area contributed by atoms with Crippen LogP contribution in [-0.2, 0) is 13.2 Å². The summed E-state index contributed by atoms with van der Waals surface area (Å²) in [5, 5.41) is 2.92. The molecule has 4 heteroatoms. The molecule has 0 radical (unpaired) electrons. The average Bonchev–Trinajstić information content (AvgIpc) is 3.35. The molecule has 1 aromatic heterocycles. The third-order valence-electron chi connectivity index (χ3n) is 5.57. The zero-order chi connectivity index (χ0) is 18.9. The van der Waals surface area contributed by atoms with E-state index in [4.69, 9.17) is 16.3 Å². The quantitative estimate of drug-likeness (QED) is 0.442. The minimum absolute atomic E-state index is 0.552. The number of fused-ring (bicyclic) bond motifs is 3. The van der Waals surface area contributed by atoms with Crippen LogP contribution in [-0.4, -0.2) is 23.0 Å². The maximum Gasteiger partial charge on any atom is 0.129 e. The number of aromatic nitrogens is 1. The first kappa shape index (κ1) is 17.6. The number of nitrogens with one attached hydrogen (secondary N) is 1. The summed E-state index contributed by atoms with van der Waals surface area (Å²) in [5.74, 6) is 0.882. The summed E-state index contributed by atoms with van der Waals surface area (Å²) < 4.78 is 6.21. The second-order valence-electron chi connectivity index (χ2n) is 7.58. The Balaban J connectivity index is 1.35. The van der Waals surface area contributed by atoms with Gasteiger partial charge in [-0.2, -0.15) is 0 Å². The summed E-state index contributed by atoms with van der Waals surface area (Å²) in [6.07, 6.45) is 2.66. The maximum absolute atomic E-state index is 6.22. The number of halogens is 1. The summed E-state index contributed by atoms with van der Waals surface area (Å²) >= 11 is 6.22. The molecule has 0 unspecified atom stereocenters. The van der Waals surface area contributed by atoms with E-state index in [1.165, 1.54) is 37.1 Å². The molecule has 1 aliphatic rings. The van der Waals surface area contributed by atoms with Gasteiger partial charge in [0.15, 0.2) is 0 Å². The molecule has 5 rings (SSSR count). The SMILES string of the molecule is Clc1ccc2[nH]c3cccc(OCc4ccc(CN5CCCC5)cc4)c3c2c1. The van der Waals surface area contributed by atoms with Crippen LogP contribution in [0.4, 0.5) is 0 Å². The first-order chi connectivity index (χ1) is 13.8. The molecule has 1 fully saturated rings. The van der Waals surface area contributed by atoms with E-state index in [9.17, 15) is 0 Å². The molecule has 4 aromatic rings. The number of nitrogens with zero attached hydrogens (tertiary/aromatic N) is 1. The molecule has 0 atom stereocenters. The van der Waals surface area contributed by atoms with Crippen molar-refractivity contribution in [2.75, 3.05) is 13.1 Å². The van der Waals surface area contributed by atoms with Gasteiger partial charge in [0.2, 0.25) is 0 Å². The van der Waals surface area contributed by atoms with E-state index < -0.39 is 0 Å². The number of aromatic amines is 1. The molecule has 0 spiro atoms. The van der Waals surface area contributed by atoms with Crippen LogP contribution in [0.5, 0.6) is 5.75 Å². The minimum Gasteiger partial charge on any atom is -0.488 e. The largest absolute Gasteiger partial charge is 0.488 e. The fraction of sp³-hybridized carbons (Fsp3) is 0.250. The van der Waals surface area contributed by atoms with Gasteiger partial charge in [0.1, 0.15) is 12.4 Å². The second-order valence-corrected chi connectivity index (χ2v) is 8.02. The normalized spacial score (nSPS) is 14.9. The Hall–Kier alpha value is -2.49. The maximum atomic E-state index is 6.22. The van der Waals surface area contributed by atoms with E-state index in [-0.39, 0.29) is 0 Å². The van der Waals surface area contributed by atoms with Crippen LogP contribution < -0.4 is 4.74 Å². The van der Waals surface area contributed by atoms with Crippen LogP contribution in [0.25, 0.3) is 21.8 Å². The van der Waals surface area contributed by atoms with Gasteiger partial charge in [0.25, 0.3) is 0 Å². The summed E-state index contributed by atoms with van der Waals surface area (Å²) in [4.78, 5) is 5.96. The van der Waals surface area contributed by atoms with Crippen LogP contribution >= 0.6 is 11.6 Å². The van der Waals surface area contributed by atoms with Gasteiger partial charge in [-0.3, -0.25) is 4.90 Å². The third kappa shape index (κ3) is 3.48. The van der Waals surface area contributed by atoms with Crippen LogP contribution in [0.15, 0.2) is 60.7 Å². The number of H-pyrrole nitrogens is 1. The van der Waals surface area contributed by atoms with E-state index in [1.54, 1.807) is 0 Å². The minimum atomic E-state index is 0.552. The van der Waals surface area contributed by atoms with Crippen molar-refractivity contribution in [2.45, 2.75) is 26.0 Å². The van der Waals surface area contributed by atoms with Crippen molar-refractivity contribution >= 4 is 33.4 Å². The molecule has 0 amide bonds. The Labute approximate surface area is 169 Å². The number of ether oxygens (including phenoxy) is 1. The first-order valence-electron chi connectivity index (χ1n) is 9.89. The topological polar surface area (TPSA) is 28.3 Å². The Bertz CT molecular complexity index is 1110. The van der Waals surface area contributed by atoms with Gasteiger partial charge >= 0.3 is 0 Å². The third-order valence-corrected chi connectivity index (χ3v) is 5.80. The molecular formula is C24H23ClN2O. The van der Waals surface area contributed by atoms with Gasteiger partial charge in [0, 0.05) is 27.9 Å². The highest BCUT2D eigenvalue weighted by molar-refractivity contribution is 6.32. The fourth-order valence-electron chi connectivity index (χ4n) is 4.11. The molecule has 1 N–H and O–H groups in total. The van der Waals surface area contributed by atoms with Crippen molar-refractivity contribution in [3.05, 3.63) is 76.8 Å². The lowest BCUT2D eigenvalue weighted by Crippen LogP contribution is -2.18. The molecule has 0 aliphatic carbocycles. The van der Waals surface area contributed by atoms with Gasteiger partial charge in [-0.25, -0.2) is 0 Å². The molecule has 3 nitrogen and oxygen atoms in total. The number of likely N-dealkylation sites (tertiary alicyclic amines) is 1. The summed E-state index contributed by atoms with van der Waals surface area (Å²) in [6, 6.07) is 20.8. The summed E-state index contributed by atoms with van der Waals surface area (Å²) in [6.45, 7) is 4.06. The molecular weight excluding hydrogens is 368 g/mol. The van der Waals surface area contributed by atoms with E-state index in [1.807, 2.05) is 30.3 Å². The van der Waals surface area contributed by atoms with E-state index >= 15 is 0 Å². The highest BCUT2D eigenvalue weighted by Crippen LogP contribution is 2.34. The Morgan fingerprint density at radius 3 is 2.50 bits per heavy atom. The highest BCUT2D eigenvalue weighted by atomic mass is 35.5. The molecule has 1 aliphatic heterocycles. The number of benzene rings is 3. The van der Waals surface area contributed by atoms with Crippen LogP contribution in [0.3, 0.4) is 0 Å². The number of rotatable bonds is 5. The van der Waals surface area contributed by atoms with Gasteiger partial charge < -0.3 is 9.72 Å². The van der Waals surface area contributed by atoms with Gasteiger partial charge in [0.05, 0.1) is 5.52 Å². The van der Waals surface area contributed by atoms with Crippen molar-refractivity contribution in [3.8, 4) is 5.75 Å². The Morgan fingerprint density at radius 2 is 1.68 bits per heavy atom. The van der Waals surface area contributed by atoms with E-state index in [2.05, 4.69) is 40.2 Å². The standard InChI is InChI=1S/C24H23ClN2O/c25-19-10-11-21-20(14-19)24-22(26-21)4-3-5-23(24)28-16-18-8-6-17(7-9-18)15-27-12-1-2-13-27/h3-11,14,26H,1-2,12-13,15-16H2. The molecule has 28 heavy (non-hydrogen) atoms. The lowest BCUT2D eigenvalue weighted by atomic mass is 10.1. The average molecular weight is 391 g/mol. The monoisotopic (exact) mass is 390 g/mol. The molecule has 2 heterocycles. The first-order valence-corrected chi connectivity index (χ1v) is 10.3. The van der Waals surface area contributed by atoms with E-state index in [0.29, 0.717) is 6.61 Å². The van der Waals surface area contributed by atoms with Crippen molar-refractivity contribution in [3.63, 3.8) is 0 Å². The lowest BCUT2D eigenvalue weighted by Gasteiger charge is -2.15. The summed E-state index contributed by atoms with van der Waals surface area (Å²) in [5.41, 5.74) is 4.69. The van der Waals surface area contributed by atoms with Crippen LogP contribution in [0.1, 0.15) is 24.0 Å². The zero-order valence-electron chi connectivity index (χ0n) is 15.7. The summed E-state index contributed by atoms with van der Waals surface area (Å²) in [7, 11) is 0. The van der Waals surface area contributed by atoms with E-state index in [0.717, 1.165) is 39.1 Å². The van der Waals surface area contributed by atoms with Crippen LogP contribution in [0, 0.1) is 0 Å². The van der Waals surface area contributed by atoms with Crippen molar-refractivity contribution in [2.24, 2.45) is 0 Å². The smallest absolute Gasteiger partial charge is 0.129 e. The molecule has 1 saturated heterocycles. The van der Waals surface area contributed by atoms with Gasteiger partial charge in [-0.1, -0.05) is 41.9 Å². The zero-order valence-corrected chi connectivity index (χ0v) is 16.5. The number of hydrogen-bond donors (Lipinski definition) is 1. The van der Waals surface area contributed by atoms with Gasteiger partial charge in [-0.15, -0.1) is 0 Å². The molecule has 0 saturated carbocycles. The highest BCUT2D eigenvalue weighted by Gasteiger charge is 2.12. The van der Waals surface area contributed by atoms with Crippen molar-refractivity contribution in [1.29, 1.82) is 0 Å². The molecule has 142 valence electrons. The Kier molecular flexibility index (Phi) is 4.71. The van der Waals surface area contributed by atoms with Crippen LogP contribution in [0.2, 0.25) is 5.02 Å². The number of hydrogen-bond acceptors (Lipinski definition) is 2. The molecule has 0 bridgehead atoms. The van der Waals surface area contributed by atoms with Crippen molar-refractivity contribution in [1.82, 2.24) is 9.88 Å². The Morgan fingerprint density at radius 1 is 0.893 bits per heavy atom. The predicted molar refractivity (Wildman–Crippen MR) is 116 cm³/mol. The van der Waals surface area contributed by atoms with Crippen molar-refractivity contribution < 1.29 is 4.74 Å². The fourth-order valence-corrected chi connectivity index (χ4v) is 4.28.